The highest BCUT2D eigenvalue weighted by Gasteiger charge is 2.23. The Morgan fingerprint density at radius 1 is 1.48 bits per heavy atom. The molecule has 0 radical (unpaired) electrons. The molecule has 0 saturated heterocycles. The highest BCUT2D eigenvalue weighted by atomic mass is 35.5. The molecular formula is C12H19ClN4O3S. The van der Waals surface area contributed by atoms with Crippen molar-refractivity contribution in [3.8, 4) is 0 Å². The number of sulfonamides is 1. The average molecular weight is 335 g/mol. The van der Waals surface area contributed by atoms with Gasteiger partial charge in [-0.25, -0.2) is 17.4 Å². The van der Waals surface area contributed by atoms with Crippen molar-refractivity contribution in [1.82, 2.24) is 14.1 Å². The van der Waals surface area contributed by atoms with Crippen molar-refractivity contribution in [2.24, 2.45) is 5.92 Å². The van der Waals surface area contributed by atoms with E-state index in [0.717, 1.165) is 17.1 Å². The Hall–Kier alpha value is -1.12. The van der Waals surface area contributed by atoms with Crippen LogP contribution in [0.4, 0.5) is 5.69 Å². The third-order valence-electron chi connectivity index (χ3n) is 3.34. The quantitative estimate of drug-likeness (QED) is 0.789. The van der Waals surface area contributed by atoms with Crippen LogP contribution in [0.3, 0.4) is 0 Å². The third kappa shape index (κ3) is 4.18. The summed E-state index contributed by atoms with van der Waals surface area (Å²) in [5, 5.41) is 7.03. The molecule has 1 fully saturated rings. The van der Waals surface area contributed by atoms with E-state index in [9.17, 15) is 13.2 Å². The summed E-state index contributed by atoms with van der Waals surface area (Å²) >= 11 is 5.97. The molecule has 0 aliphatic heterocycles. The Morgan fingerprint density at radius 3 is 2.71 bits per heavy atom. The summed E-state index contributed by atoms with van der Waals surface area (Å²) in [5.41, 5.74) is -0.0991. The van der Waals surface area contributed by atoms with Gasteiger partial charge in [0.25, 0.3) is 5.56 Å². The van der Waals surface area contributed by atoms with Gasteiger partial charge in [0.05, 0.1) is 17.0 Å². The minimum Gasteiger partial charge on any atom is -0.378 e. The number of rotatable bonds is 7. The smallest absolute Gasteiger partial charge is 0.291 e. The van der Waals surface area contributed by atoms with Crippen LogP contribution >= 0.6 is 11.6 Å². The molecule has 1 aliphatic rings. The molecule has 0 spiro atoms. The Balaban J connectivity index is 2.07. The van der Waals surface area contributed by atoms with E-state index in [-0.39, 0.29) is 28.6 Å². The van der Waals surface area contributed by atoms with E-state index in [0.29, 0.717) is 12.5 Å². The summed E-state index contributed by atoms with van der Waals surface area (Å²) in [6.07, 6.45) is 3.63. The Bertz CT molecular complexity index is 668. The van der Waals surface area contributed by atoms with Crippen molar-refractivity contribution in [3.05, 3.63) is 21.6 Å². The number of aromatic nitrogens is 2. The van der Waals surface area contributed by atoms with Gasteiger partial charge >= 0.3 is 0 Å². The first-order chi connectivity index (χ1) is 9.81. The van der Waals surface area contributed by atoms with Crippen LogP contribution < -0.4 is 10.9 Å². The van der Waals surface area contributed by atoms with Gasteiger partial charge in [-0.15, -0.1) is 0 Å². The summed E-state index contributed by atoms with van der Waals surface area (Å²) < 4.78 is 25.9. The van der Waals surface area contributed by atoms with E-state index >= 15 is 0 Å². The number of hydrogen-bond acceptors (Lipinski definition) is 5. The zero-order valence-corrected chi connectivity index (χ0v) is 13.6. The van der Waals surface area contributed by atoms with Crippen LogP contribution in [0.15, 0.2) is 11.0 Å². The Labute approximate surface area is 128 Å². The number of nitrogens with zero attached hydrogens (tertiary/aromatic N) is 3. The molecule has 1 aliphatic carbocycles. The summed E-state index contributed by atoms with van der Waals surface area (Å²) in [6, 6.07) is 0. The topological polar surface area (TPSA) is 84.3 Å². The van der Waals surface area contributed by atoms with E-state index < -0.39 is 10.0 Å². The number of nitrogens with one attached hydrogen (secondary N) is 1. The van der Waals surface area contributed by atoms with Crippen LogP contribution in [0, 0.1) is 5.92 Å². The van der Waals surface area contributed by atoms with Gasteiger partial charge in [-0.2, -0.15) is 5.10 Å². The summed E-state index contributed by atoms with van der Waals surface area (Å²) in [7, 11) is -0.371. The van der Waals surface area contributed by atoms with Gasteiger partial charge < -0.3 is 5.32 Å². The van der Waals surface area contributed by atoms with Crippen LogP contribution in [-0.2, 0) is 16.6 Å². The molecule has 118 valence electrons. The first kappa shape index (κ1) is 16.3. The van der Waals surface area contributed by atoms with Crippen LogP contribution in [-0.4, -0.2) is 48.9 Å². The van der Waals surface area contributed by atoms with Gasteiger partial charge in [-0.3, -0.25) is 4.79 Å². The maximum absolute atomic E-state index is 12.2. The van der Waals surface area contributed by atoms with E-state index in [1.54, 1.807) is 0 Å². The fraction of sp³-hybridized carbons (Fsp3) is 0.667. The second-order valence-electron chi connectivity index (χ2n) is 5.32. The molecule has 1 aromatic rings. The molecule has 0 atom stereocenters. The second kappa shape index (κ2) is 6.33. The van der Waals surface area contributed by atoms with Crippen LogP contribution in [0.25, 0.3) is 0 Å². The normalized spacial score (nSPS) is 15.4. The summed E-state index contributed by atoms with van der Waals surface area (Å²) in [4.78, 5) is 12.2. The standard InChI is InChI=1S/C12H19ClN4O3S/c1-16(2)21(19,20)6-5-14-11-10(13)7-15-17(12(11)18)8-9-3-4-9/h7,9,14H,3-6,8H2,1-2H3. The number of hydrogen-bond donors (Lipinski definition) is 1. The van der Waals surface area contributed by atoms with E-state index in [1.165, 1.54) is 25.0 Å². The van der Waals surface area contributed by atoms with Crippen molar-refractivity contribution in [2.75, 3.05) is 31.7 Å². The second-order valence-corrected chi connectivity index (χ2v) is 8.03. The maximum atomic E-state index is 12.2. The Morgan fingerprint density at radius 2 is 2.14 bits per heavy atom. The van der Waals surface area contributed by atoms with Gasteiger partial charge in [-0.1, -0.05) is 11.6 Å². The van der Waals surface area contributed by atoms with Gasteiger partial charge in [0.1, 0.15) is 5.69 Å². The molecule has 1 saturated carbocycles. The minimum atomic E-state index is -3.31. The number of halogens is 1. The molecular weight excluding hydrogens is 316 g/mol. The van der Waals surface area contributed by atoms with E-state index in [2.05, 4.69) is 10.4 Å². The Kier molecular flexibility index (Phi) is 4.90. The molecule has 9 heteroatoms. The minimum absolute atomic E-state index is 0.110. The zero-order chi connectivity index (χ0) is 15.6. The lowest BCUT2D eigenvalue weighted by Gasteiger charge is -2.13. The van der Waals surface area contributed by atoms with Gasteiger partial charge in [0.15, 0.2) is 0 Å². The molecule has 0 bridgehead atoms. The van der Waals surface area contributed by atoms with Crippen LogP contribution in [0.1, 0.15) is 12.8 Å². The fourth-order valence-electron chi connectivity index (χ4n) is 1.79. The average Bonchev–Trinajstić information content (AvgIpc) is 3.20. The lowest BCUT2D eigenvalue weighted by molar-refractivity contribution is 0.521. The van der Waals surface area contributed by atoms with Gasteiger partial charge in [0.2, 0.25) is 10.0 Å². The highest BCUT2D eigenvalue weighted by molar-refractivity contribution is 7.89. The molecule has 7 nitrogen and oxygen atoms in total. The molecule has 1 N–H and O–H groups in total. The maximum Gasteiger partial charge on any atom is 0.291 e. The number of anilines is 1. The van der Waals surface area contributed by atoms with Gasteiger partial charge in [-0.05, 0) is 18.8 Å². The predicted octanol–water partition coefficient (Wildman–Crippen LogP) is 0.610. The first-order valence-corrected chi connectivity index (χ1v) is 8.69. The largest absolute Gasteiger partial charge is 0.378 e. The molecule has 0 unspecified atom stereocenters. The summed E-state index contributed by atoms with van der Waals surface area (Å²) in [5.74, 6) is 0.402. The van der Waals surface area contributed by atoms with E-state index in [1.807, 2.05) is 0 Å². The molecule has 21 heavy (non-hydrogen) atoms. The molecule has 0 aromatic carbocycles. The zero-order valence-electron chi connectivity index (χ0n) is 12.0. The van der Waals surface area contributed by atoms with Crippen molar-refractivity contribution in [2.45, 2.75) is 19.4 Å². The molecule has 1 heterocycles. The van der Waals surface area contributed by atoms with Gasteiger partial charge in [0, 0.05) is 27.2 Å². The van der Waals surface area contributed by atoms with Crippen LogP contribution in [0.5, 0.6) is 0 Å². The monoisotopic (exact) mass is 334 g/mol. The van der Waals surface area contributed by atoms with Crippen molar-refractivity contribution in [1.29, 1.82) is 0 Å². The van der Waals surface area contributed by atoms with E-state index in [4.69, 9.17) is 11.6 Å². The van der Waals surface area contributed by atoms with Crippen molar-refractivity contribution in [3.63, 3.8) is 0 Å². The SMILES string of the molecule is CN(C)S(=O)(=O)CCNc1c(Cl)cnn(CC2CC2)c1=O. The van der Waals surface area contributed by atoms with Crippen molar-refractivity contribution >= 4 is 27.3 Å². The fourth-order valence-corrected chi connectivity index (χ4v) is 2.71. The molecule has 0 amide bonds. The summed E-state index contributed by atoms with van der Waals surface area (Å²) in [6.45, 7) is 0.698. The lowest BCUT2D eigenvalue weighted by Crippen LogP contribution is -2.31. The third-order valence-corrected chi connectivity index (χ3v) is 5.46. The molecule has 2 rings (SSSR count). The lowest BCUT2D eigenvalue weighted by atomic mass is 10.4. The highest BCUT2D eigenvalue weighted by Crippen LogP contribution is 2.30. The van der Waals surface area contributed by atoms with Crippen LogP contribution in [0.2, 0.25) is 5.02 Å². The first-order valence-electron chi connectivity index (χ1n) is 6.71. The van der Waals surface area contributed by atoms with Crippen molar-refractivity contribution < 1.29 is 8.42 Å². The molecule has 1 aromatic heterocycles. The predicted molar refractivity (Wildman–Crippen MR) is 82.2 cm³/mol.